The summed E-state index contributed by atoms with van der Waals surface area (Å²) in [6, 6.07) is 18.7. The number of benzene rings is 2. The first-order valence-corrected chi connectivity index (χ1v) is 10.2. The molecule has 4 rings (SSSR count). The Labute approximate surface area is 184 Å². The number of hydrogen-bond donors (Lipinski definition) is 2. The fourth-order valence-electron chi connectivity index (χ4n) is 3.77. The zero-order valence-corrected chi connectivity index (χ0v) is 17.8. The van der Waals surface area contributed by atoms with Gasteiger partial charge in [-0.25, -0.2) is 0 Å². The average molecular weight is 429 g/mol. The normalized spacial score (nSPS) is 10.8. The Morgan fingerprint density at radius 3 is 2.47 bits per heavy atom. The second-order valence-electron chi connectivity index (χ2n) is 7.46. The number of para-hydroxylation sites is 2. The number of hydrazine groups is 1. The van der Waals surface area contributed by atoms with Gasteiger partial charge in [0, 0.05) is 28.9 Å². The largest absolute Gasteiger partial charge is 0.318 e. The van der Waals surface area contributed by atoms with Crippen molar-refractivity contribution >= 4 is 22.7 Å². The first-order valence-electron chi connectivity index (χ1n) is 10.2. The molecule has 32 heavy (non-hydrogen) atoms. The van der Waals surface area contributed by atoms with Crippen molar-refractivity contribution in [3.05, 3.63) is 94.0 Å². The highest BCUT2D eigenvalue weighted by Crippen LogP contribution is 2.20. The highest BCUT2D eigenvalue weighted by atomic mass is 16.2. The standard InChI is InChI=1S/C24H23N5O3/c1-16-14-20(17(2)29(16)18-8-4-3-5-9-18)24(32)27-26-23(31)12-13-28-21-11-7-6-10-19(21)22(30)15-25-28/h3-11,14-15H,12-13H2,1-2H3,(H,26,31)(H,27,32). The van der Waals surface area contributed by atoms with Crippen LogP contribution in [0.4, 0.5) is 0 Å². The third-order valence-electron chi connectivity index (χ3n) is 5.32. The molecule has 0 aliphatic rings. The van der Waals surface area contributed by atoms with Gasteiger partial charge in [0.2, 0.25) is 11.3 Å². The van der Waals surface area contributed by atoms with Crippen LogP contribution in [0.25, 0.3) is 16.6 Å². The van der Waals surface area contributed by atoms with Crippen LogP contribution in [0.15, 0.2) is 71.7 Å². The lowest BCUT2D eigenvalue weighted by Crippen LogP contribution is -2.42. The molecule has 0 aliphatic heterocycles. The summed E-state index contributed by atoms with van der Waals surface area (Å²) < 4.78 is 3.59. The fourth-order valence-corrected chi connectivity index (χ4v) is 3.77. The maximum absolute atomic E-state index is 12.7. The van der Waals surface area contributed by atoms with E-state index in [1.54, 1.807) is 28.9 Å². The number of hydrogen-bond acceptors (Lipinski definition) is 4. The molecule has 0 spiro atoms. The van der Waals surface area contributed by atoms with Crippen molar-refractivity contribution in [3.8, 4) is 5.69 Å². The minimum atomic E-state index is -0.388. The van der Waals surface area contributed by atoms with Crippen molar-refractivity contribution in [1.29, 1.82) is 0 Å². The molecular formula is C24H23N5O3. The van der Waals surface area contributed by atoms with Gasteiger partial charge in [-0.1, -0.05) is 30.3 Å². The van der Waals surface area contributed by atoms with E-state index in [1.807, 2.05) is 54.8 Å². The predicted octanol–water partition coefficient (Wildman–Crippen LogP) is 2.66. The second-order valence-corrected chi connectivity index (χ2v) is 7.46. The molecule has 0 aliphatic carbocycles. The minimum Gasteiger partial charge on any atom is -0.318 e. The highest BCUT2D eigenvalue weighted by molar-refractivity contribution is 5.97. The lowest BCUT2D eigenvalue weighted by molar-refractivity contribution is -0.122. The van der Waals surface area contributed by atoms with Crippen molar-refractivity contribution in [2.45, 2.75) is 26.8 Å². The average Bonchev–Trinajstić information content (AvgIpc) is 3.11. The number of amides is 2. The van der Waals surface area contributed by atoms with Gasteiger partial charge in [-0.15, -0.1) is 0 Å². The molecule has 2 N–H and O–H groups in total. The van der Waals surface area contributed by atoms with E-state index in [9.17, 15) is 14.4 Å². The number of rotatable bonds is 5. The van der Waals surface area contributed by atoms with Crippen molar-refractivity contribution < 1.29 is 9.59 Å². The summed E-state index contributed by atoms with van der Waals surface area (Å²) in [5.74, 6) is -0.750. The predicted molar refractivity (Wildman–Crippen MR) is 121 cm³/mol. The quantitative estimate of drug-likeness (QED) is 0.477. The lowest BCUT2D eigenvalue weighted by Gasteiger charge is -2.11. The van der Waals surface area contributed by atoms with E-state index in [0.717, 1.165) is 17.1 Å². The number of nitrogens with one attached hydrogen (secondary N) is 2. The molecule has 0 unspecified atom stereocenters. The van der Waals surface area contributed by atoms with Crippen LogP contribution < -0.4 is 16.3 Å². The highest BCUT2D eigenvalue weighted by Gasteiger charge is 2.17. The van der Waals surface area contributed by atoms with E-state index in [-0.39, 0.29) is 30.2 Å². The molecule has 2 heterocycles. The second kappa shape index (κ2) is 8.89. The molecule has 162 valence electrons. The van der Waals surface area contributed by atoms with Crippen molar-refractivity contribution in [2.75, 3.05) is 0 Å². The first-order chi connectivity index (χ1) is 15.5. The van der Waals surface area contributed by atoms with Crippen LogP contribution in [0.2, 0.25) is 0 Å². The van der Waals surface area contributed by atoms with Crippen molar-refractivity contribution in [1.82, 2.24) is 25.2 Å². The molecule has 8 nitrogen and oxygen atoms in total. The van der Waals surface area contributed by atoms with Crippen LogP contribution in [0.5, 0.6) is 0 Å². The Morgan fingerprint density at radius 1 is 0.969 bits per heavy atom. The zero-order valence-electron chi connectivity index (χ0n) is 17.8. The molecule has 2 aromatic carbocycles. The van der Waals surface area contributed by atoms with E-state index in [4.69, 9.17) is 0 Å². The van der Waals surface area contributed by atoms with Crippen LogP contribution >= 0.6 is 0 Å². The summed E-state index contributed by atoms with van der Waals surface area (Å²) in [5.41, 5.74) is 8.58. The van der Waals surface area contributed by atoms with Crippen LogP contribution in [-0.2, 0) is 11.3 Å². The Hall–Kier alpha value is -4.20. The molecular weight excluding hydrogens is 406 g/mol. The molecule has 8 heteroatoms. The fraction of sp³-hybridized carbons (Fsp3) is 0.167. The Morgan fingerprint density at radius 2 is 1.69 bits per heavy atom. The SMILES string of the molecule is Cc1cc(C(=O)NNC(=O)CCn2ncc(=O)c3ccccc32)c(C)n1-c1ccccc1. The Kier molecular flexibility index (Phi) is 5.85. The van der Waals surface area contributed by atoms with Crippen LogP contribution in [0.1, 0.15) is 28.2 Å². The van der Waals surface area contributed by atoms with Crippen molar-refractivity contribution in [3.63, 3.8) is 0 Å². The summed E-state index contributed by atoms with van der Waals surface area (Å²) in [5, 5.41) is 4.65. The van der Waals surface area contributed by atoms with Gasteiger partial charge in [-0.3, -0.25) is 29.9 Å². The summed E-state index contributed by atoms with van der Waals surface area (Å²) >= 11 is 0. The van der Waals surface area contributed by atoms with Crippen LogP contribution in [0.3, 0.4) is 0 Å². The van der Waals surface area contributed by atoms with E-state index in [1.165, 1.54) is 6.20 Å². The summed E-state index contributed by atoms with van der Waals surface area (Å²) in [6.07, 6.45) is 1.33. The van der Waals surface area contributed by atoms with Gasteiger partial charge in [-0.05, 0) is 44.2 Å². The van der Waals surface area contributed by atoms with Gasteiger partial charge in [0.05, 0.1) is 23.8 Å². The van der Waals surface area contributed by atoms with Gasteiger partial charge in [0.25, 0.3) is 5.91 Å². The molecule has 2 aromatic heterocycles. The monoisotopic (exact) mass is 429 g/mol. The molecule has 0 saturated carbocycles. The molecule has 0 fully saturated rings. The lowest BCUT2D eigenvalue weighted by atomic mass is 10.2. The zero-order chi connectivity index (χ0) is 22.7. The number of carbonyl (C=O) groups is 2. The molecule has 0 atom stereocenters. The van der Waals surface area contributed by atoms with Gasteiger partial charge < -0.3 is 4.57 Å². The molecule has 0 bridgehead atoms. The number of fused-ring (bicyclic) bond motifs is 1. The number of aryl methyl sites for hydroxylation is 2. The topological polar surface area (TPSA) is 98.0 Å². The third kappa shape index (κ3) is 4.15. The van der Waals surface area contributed by atoms with Gasteiger partial charge in [-0.2, -0.15) is 5.10 Å². The Bertz CT molecular complexity index is 1360. The minimum absolute atomic E-state index is 0.0865. The number of aromatic nitrogens is 3. The van der Waals surface area contributed by atoms with E-state index >= 15 is 0 Å². The smallest absolute Gasteiger partial charge is 0.271 e. The van der Waals surface area contributed by atoms with Gasteiger partial charge in [0.15, 0.2) is 0 Å². The van der Waals surface area contributed by atoms with E-state index < -0.39 is 0 Å². The van der Waals surface area contributed by atoms with E-state index in [0.29, 0.717) is 16.5 Å². The Balaban J connectivity index is 1.40. The molecule has 0 saturated heterocycles. The molecule has 0 radical (unpaired) electrons. The maximum Gasteiger partial charge on any atom is 0.271 e. The third-order valence-corrected chi connectivity index (χ3v) is 5.32. The summed E-state index contributed by atoms with van der Waals surface area (Å²) in [7, 11) is 0. The number of nitrogens with zero attached hydrogens (tertiary/aromatic N) is 3. The summed E-state index contributed by atoms with van der Waals surface area (Å²) in [4.78, 5) is 36.9. The van der Waals surface area contributed by atoms with Gasteiger partial charge in [0.1, 0.15) is 0 Å². The van der Waals surface area contributed by atoms with Crippen molar-refractivity contribution in [2.24, 2.45) is 0 Å². The van der Waals surface area contributed by atoms with Gasteiger partial charge >= 0.3 is 0 Å². The number of carbonyl (C=O) groups excluding carboxylic acids is 2. The van der Waals surface area contributed by atoms with Crippen LogP contribution in [0, 0.1) is 13.8 Å². The molecule has 4 aromatic rings. The molecule has 2 amide bonds. The maximum atomic E-state index is 12.7. The summed E-state index contributed by atoms with van der Waals surface area (Å²) in [6.45, 7) is 4.06. The first kappa shape index (κ1) is 21.0. The van der Waals surface area contributed by atoms with E-state index in [2.05, 4.69) is 16.0 Å². The van der Waals surface area contributed by atoms with Crippen LogP contribution in [-0.4, -0.2) is 26.2 Å².